The molecule has 0 saturated heterocycles. The van der Waals surface area contributed by atoms with E-state index in [4.69, 9.17) is 0 Å². The standard InChI is InChI=1S/C66H46N2.C66H48N2/c1-65(2)55-22-12-9-18-46(55)48-31-30-42(36-57(48)65)68-59-24-14-11-20-49(59)53-35-40(27-33-60(53)68)39-25-28-41(29-26-39)67-61-34-32-51-45-17-6-5-15-43(45)44-16-7-8-21-50(44)63(51)64(61)54-37-52-47-19-10-13-23-56(47)66(3,4)58(52)38-62(54)67;1-65(2)57-24-14-12-21-50(57)52-35-34-46(38-59(52)65)67(43-16-6-5-7-17-43)44-30-26-41(27-31-44)42-28-32-45(33-29-42)68-61-37-36-54-49-20-9-8-18-47(49)48-19-10-11-23-53(48)63(54)64(61)56-39-55-51-22-13-15-25-58(51)66(3,4)60(55)40-62(56)68/h5-38H,1-4H3;5-40H,1-4H3. The molecular formula is C132H94N4. The number of aromatic nitrogens is 3. The third kappa shape index (κ3) is 11.0. The zero-order chi connectivity index (χ0) is 90.7. The fourth-order valence-electron chi connectivity index (χ4n) is 25.5. The molecule has 3 aromatic heterocycles. The second-order valence-electron chi connectivity index (χ2n) is 40.5. The van der Waals surface area contributed by atoms with Gasteiger partial charge in [0.1, 0.15) is 0 Å². The largest absolute Gasteiger partial charge is 0.310 e. The van der Waals surface area contributed by atoms with Gasteiger partial charge in [0.25, 0.3) is 0 Å². The predicted molar refractivity (Wildman–Crippen MR) is 577 cm³/mol. The Labute approximate surface area is 790 Å². The van der Waals surface area contributed by atoms with Crippen LogP contribution in [0.3, 0.4) is 0 Å². The average molecular weight is 1740 g/mol. The van der Waals surface area contributed by atoms with E-state index in [0.29, 0.717) is 0 Å². The Hall–Kier alpha value is -16.4. The van der Waals surface area contributed by atoms with Gasteiger partial charge in [0.05, 0.1) is 33.1 Å². The van der Waals surface area contributed by atoms with E-state index in [0.717, 1.165) is 28.4 Å². The van der Waals surface area contributed by atoms with Crippen LogP contribution < -0.4 is 4.90 Å². The minimum atomic E-state index is -0.124. The topological polar surface area (TPSA) is 18.0 Å². The summed E-state index contributed by atoms with van der Waals surface area (Å²) in [5.74, 6) is 0. The van der Waals surface area contributed by atoms with Crippen LogP contribution >= 0.6 is 0 Å². The summed E-state index contributed by atoms with van der Waals surface area (Å²) in [6.45, 7) is 19.0. The van der Waals surface area contributed by atoms with Gasteiger partial charge in [-0.1, -0.05) is 353 Å². The number of anilines is 3. The van der Waals surface area contributed by atoms with E-state index in [2.05, 4.69) is 499 Å². The van der Waals surface area contributed by atoms with Crippen molar-refractivity contribution in [3.63, 3.8) is 0 Å². The van der Waals surface area contributed by atoms with E-state index in [1.807, 2.05) is 0 Å². The predicted octanol–water partition coefficient (Wildman–Crippen LogP) is 35.6. The molecule has 4 nitrogen and oxygen atoms in total. The van der Waals surface area contributed by atoms with Crippen molar-refractivity contribution in [2.45, 2.75) is 77.0 Å². The molecule has 0 N–H and O–H groups in total. The normalized spacial score (nSPS) is 14.3. The minimum absolute atomic E-state index is 0.0706. The quantitative estimate of drug-likeness (QED) is 0.139. The van der Waals surface area contributed by atoms with Crippen molar-refractivity contribution in [1.29, 1.82) is 0 Å². The van der Waals surface area contributed by atoms with Crippen molar-refractivity contribution in [3.05, 3.63) is 469 Å². The van der Waals surface area contributed by atoms with Crippen molar-refractivity contribution < 1.29 is 0 Å². The molecule has 0 bridgehead atoms. The maximum Gasteiger partial charge on any atom is 0.0547 e. The van der Waals surface area contributed by atoms with Crippen molar-refractivity contribution in [2.75, 3.05) is 4.90 Å². The molecule has 4 aliphatic rings. The number of para-hydroxylation sites is 2. The summed E-state index contributed by atoms with van der Waals surface area (Å²) in [6.07, 6.45) is 0. The number of hydrogen-bond acceptors (Lipinski definition) is 1. The summed E-state index contributed by atoms with van der Waals surface area (Å²) in [5, 5.41) is 23.3. The highest BCUT2D eigenvalue weighted by molar-refractivity contribution is 6.37. The van der Waals surface area contributed by atoms with Crippen LogP contribution in [0, 0.1) is 0 Å². The first-order valence-corrected chi connectivity index (χ1v) is 48.1. The third-order valence-electron chi connectivity index (χ3n) is 32.1. The molecule has 25 aromatic rings. The lowest BCUT2D eigenvalue weighted by atomic mass is 9.82. The Bertz CT molecular complexity index is 9440. The highest BCUT2D eigenvalue weighted by Gasteiger charge is 2.41. The Morgan fingerprint density at radius 2 is 0.456 bits per heavy atom. The number of nitrogens with zero attached hydrogens (tertiary/aromatic N) is 4. The van der Waals surface area contributed by atoms with Crippen LogP contribution in [0.1, 0.15) is 99.9 Å². The molecule has 4 aliphatic carbocycles. The lowest BCUT2D eigenvalue weighted by Gasteiger charge is -2.28. The summed E-state index contributed by atoms with van der Waals surface area (Å²) in [5.41, 5.74) is 40.5. The molecule has 29 rings (SSSR count). The summed E-state index contributed by atoms with van der Waals surface area (Å²) < 4.78 is 7.52. The lowest BCUT2D eigenvalue weighted by Crippen LogP contribution is -2.16. The monoisotopic (exact) mass is 1730 g/mol. The highest BCUT2D eigenvalue weighted by Crippen LogP contribution is 2.58. The SMILES string of the molecule is CC1(C)c2ccccc2-c2ccc(-n3c4ccccc4c4cc(-c5ccc(-n6c7cc8c(cc7c7c9c%10ccccc%10c%10ccccc%10c9ccc76)-c6ccccc6C8(C)C)cc5)ccc43)cc21.CC1(C)c2ccccc2-c2ccc(N(c3ccccc3)c3ccc(-c4ccc(-n5c6cc7c(cc6c6c8c9ccccc9c9ccccc9c8ccc65)-c5ccccc5C7(C)C)cc4)cc3)cc21. The van der Waals surface area contributed by atoms with Crippen molar-refractivity contribution in [1.82, 2.24) is 13.7 Å². The Morgan fingerprint density at radius 3 is 0.919 bits per heavy atom. The van der Waals surface area contributed by atoms with Gasteiger partial charge >= 0.3 is 0 Å². The van der Waals surface area contributed by atoms with Gasteiger partial charge in [0.15, 0.2) is 0 Å². The fourth-order valence-corrected chi connectivity index (χ4v) is 25.5. The van der Waals surface area contributed by atoms with Gasteiger partial charge < -0.3 is 18.6 Å². The van der Waals surface area contributed by atoms with Crippen molar-refractivity contribution in [2.24, 2.45) is 0 Å². The molecule has 22 aromatic carbocycles. The first-order valence-electron chi connectivity index (χ1n) is 48.1. The molecule has 3 heterocycles. The lowest BCUT2D eigenvalue weighted by molar-refractivity contribution is 0.660. The van der Waals surface area contributed by atoms with Gasteiger partial charge in [-0.25, -0.2) is 0 Å². The third-order valence-corrected chi connectivity index (χ3v) is 32.1. The molecule has 0 amide bonds. The Balaban J connectivity index is 0.000000135. The van der Waals surface area contributed by atoms with Crippen LogP contribution in [0.4, 0.5) is 17.1 Å². The summed E-state index contributed by atoms with van der Waals surface area (Å²) in [6, 6.07) is 160. The number of benzene rings is 22. The molecule has 4 heteroatoms. The smallest absolute Gasteiger partial charge is 0.0547 e. The first-order chi connectivity index (χ1) is 66.5. The van der Waals surface area contributed by atoms with E-state index in [9.17, 15) is 0 Å². The van der Waals surface area contributed by atoms with Crippen LogP contribution in [0.2, 0.25) is 0 Å². The van der Waals surface area contributed by atoms with Crippen LogP contribution in [0.5, 0.6) is 0 Å². The zero-order valence-corrected chi connectivity index (χ0v) is 77.2. The molecule has 0 atom stereocenters. The van der Waals surface area contributed by atoms with Gasteiger partial charge in [0, 0.05) is 98.9 Å². The highest BCUT2D eigenvalue weighted by atomic mass is 15.1. The Kier molecular flexibility index (Phi) is 16.4. The maximum atomic E-state index is 2.53. The first kappa shape index (κ1) is 78.3. The van der Waals surface area contributed by atoms with Crippen LogP contribution in [0.15, 0.2) is 425 Å². The van der Waals surface area contributed by atoms with Gasteiger partial charge in [0.2, 0.25) is 0 Å². The molecule has 0 aliphatic heterocycles. The average Bonchev–Trinajstić information content (AvgIpc) is 1.53. The fraction of sp³-hybridized carbons (Fsp3) is 0.0909. The number of hydrogen-bond donors (Lipinski definition) is 0. The molecule has 0 saturated carbocycles. The molecule has 642 valence electrons. The van der Waals surface area contributed by atoms with Gasteiger partial charge in [-0.3, -0.25) is 0 Å². The number of fused-ring (bicyclic) bond motifs is 35. The molecular weight excluding hydrogens is 1640 g/mol. The van der Waals surface area contributed by atoms with Crippen LogP contribution in [-0.2, 0) is 21.7 Å². The van der Waals surface area contributed by atoms with E-state index >= 15 is 0 Å². The van der Waals surface area contributed by atoms with Crippen LogP contribution in [-0.4, -0.2) is 13.7 Å². The summed E-state index contributed by atoms with van der Waals surface area (Å²) >= 11 is 0. The van der Waals surface area contributed by atoms with E-state index in [-0.39, 0.29) is 21.7 Å². The molecule has 0 fully saturated rings. The molecule has 0 radical (unpaired) electrons. The van der Waals surface area contributed by atoms with Gasteiger partial charge in [-0.15, -0.1) is 0 Å². The van der Waals surface area contributed by atoms with Crippen LogP contribution in [0.25, 0.3) is 214 Å². The molecule has 0 spiro atoms. The van der Waals surface area contributed by atoms with Crippen molar-refractivity contribution in [3.8, 4) is 83.8 Å². The van der Waals surface area contributed by atoms with Gasteiger partial charge in [-0.2, -0.15) is 0 Å². The molecule has 136 heavy (non-hydrogen) atoms. The van der Waals surface area contributed by atoms with Gasteiger partial charge in [-0.05, 0) is 293 Å². The second kappa shape index (κ2) is 28.6. The second-order valence-corrected chi connectivity index (χ2v) is 40.5. The van der Waals surface area contributed by atoms with E-state index in [1.54, 1.807) is 0 Å². The van der Waals surface area contributed by atoms with E-state index < -0.39 is 0 Å². The minimum Gasteiger partial charge on any atom is -0.310 e. The Morgan fingerprint density at radius 1 is 0.154 bits per heavy atom. The summed E-state index contributed by atoms with van der Waals surface area (Å²) in [4.78, 5) is 2.39. The van der Waals surface area contributed by atoms with E-state index in [1.165, 1.54) is 247 Å². The van der Waals surface area contributed by atoms with Crippen molar-refractivity contribution >= 4 is 147 Å². The maximum absolute atomic E-state index is 2.53. The zero-order valence-electron chi connectivity index (χ0n) is 77.2. The molecule has 0 unspecified atom stereocenters. The number of rotatable bonds is 8. The summed E-state index contributed by atoms with van der Waals surface area (Å²) in [7, 11) is 0.